The van der Waals surface area contributed by atoms with Crippen LogP contribution in [0, 0.1) is 0 Å². The van der Waals surface area contributed by atoms with Gasteiger partial charge >= 0.3 is 0 Å². The molecule has 0 unspecified atom stereocenters. The van der Waals surface area contributed by atoms with Crippen LogP contribution < -0.4 is 10.9 Å². The molecule has 4 aromatic rings. The first-order chi connectivity index (χ1) is 16.4. The molecule has 2 aromatic heterocycles. The number of carbonyl (C=O) groups is 2. The monoisotopic (exact) mass is 477 g/mol. The van der Waals surface area contributed by atoms with E-state index in [-0.39, 0.29) is 29.7 Å². The lowest BCUT2D eigenvalue weighted by Gasteiger charge is -2.20. The number of nitrogens with one attached hydrogen (secondary N) is 2. The molecule has 174 valence electrons. The Morgan fingerprint density at radius 2 is 1.91 bits per heavy atom. The fraction of sp³-hybridized carbons (Fsp3) is 0.217. The van der Waals surface area contributed by atoms with E-state index >= 15 is 0 Å². The molecule has 10 nitrogen and oxygen atoms in total. The minimum absolute atomic E-state index is 0.174. The number of carbonyl (C=O) groups excluding carboxylic acids is 2. The fourth-order valence-electron chi connectivity index (χ4n) is 3.33. The molecule has 0 radical (unpaired) electrons. The predicted molar refractivity (Wildman–Crippen MR) is 130 cm³/mol. The highest BCUT2D eigenvalue weighted by molar-refractivity contribution is 7.99. The standard InChI is InChI=1S/C23H23N7O3S/c1-3-30(12-19-26-18-7-5-4-6-17(18)21(32)27-19)22(33)15-8-10-16(11-9-15)25-20(31)13-34-23-28-24-14-29(23)2/h4-11,14H,3,12-13H2,1-2H3,(H,25,31)(H,26,27,32). The summed E-state index contributed by atoms with van der Waals surface area (Å²) in [5.41, 5.74) is 1.41. The Balaban J connectivity index is 1.39. The Morgan fingerprint density at radius 1 is 1.15 bits per heavy atom. The number of nitrogens with zero attached hydrogens (tertiary/aromatic N) is 5. The molecule has 0 aliphatic rings. The van der Waals surface area contributed by atoms with Crippen LogP contribution in [0.3, 0.4) is 0 Å². The van der Waals surface area contributed by atoms with Gasteiger partial charge in [0.25, 0.3) is 11.5 Å². The van der Waals surface area contributed by atoms with Crippen LogP contribution in [-0.2, 0) is 18.4 Å². The topological polar surface area (TPSA) is 126 Å². The van der Waals surface area contributed by atoms with Crippen molar-refractivity contribution in [2.75, 3.05) is 17.6 Å². The van der Waals surface area contributed by atoms with E-state index in [1.807, 2.05) is 20.0 Å². The van der Waals surface area contributed by atoms with Crippen LogP contribution in [-0.4, -0.2) is 53.7 Å². The molecule has 2 heterocycles. The molecule has 0 atom stereocenters. The number of amides is 2. The summed E-state index contributed by atoms with van der Waals surface area (Å²) in [5, 5.41) is 11.7. The Bertz CT molecular complexity index is 1380. The van der Waals surface area contributed by atoms with Gasteiger partial charge in [-0.05, 0) is 43.3 Å². The molecular formula is C23H23N7O3S. The highest BCUT2D eigenvalue weighted by Crippen LogP contribution is 2.16. The van der Waals surface area contributed by atoms with E-state index in [2.05, 4.69) is 25.5 Å². The van der Waals surface area contributed by atoms with E-state index in [9.17, 15) is 14.4 Å². The van der Waals surface area contributed by atoms with E-state index in [0.717, 1.165) is 0 Å². The van der Waals surface area contributed by atoms with Gasteiger partial charge in [-0.3, -0.25) is 14.4 Å². The number of fused-ring (bicyclic) bond motifs is 1. The molecule has 34 heavy (non-hydrogen) atoms. The number of aromatic nitrogens is 5. The summed E-state index contributed by atoms with van der Waals surface area (Å²) >= 11 is 1.28. The number of benzene rings is 2. The maximum Gasteiger partial charge on any atom is 0.258 e. The van der Waals surface area contributed by atoms with Crippen molar-refractivity contribution in [3.05, 3.63) is 76.6 Å². The third kappa shape index (κ3) is 5.31. The van der Waals surface area contributed by atoms with Crippen molar-refractivity contribution in [1.82, 2.24) is 29.6 Å². The van der Waals surface area contributed by atoms with Crippen LogP contribution in [0.2, 0.25) is 0 Å². The molecule has 2 aromatic carbocycles. The number of hydrogen-bond donors (Lipinski definition) is 2. The van der Waals surface area contributed by atoms with Gasteiger partial charge < -0.3 is 19.8 Å². The Morgan fingerprint density at radius 3 is 2.62 bits per heavy atom. The maximum atomic E-state index is 13.0. The minimum atomic E-state index is -0.235. The summed E-state index contributed by atoms with van der Waals surface area (Å²) < 4.78 is 1.74. The largest absolute Gasteiger partial charge is 0.331 e. The molecule has 0 bridgehead atoms. The summed E-state index contributed by atoms with van der Waals surface area (Å²) in [6.45, 7) is 2.47. The third-order valence-electron chi connectivity index (χ3n) is 5.09. The van der Waals surface area contributed by atoms with E-state index in [1.165, 1.54) is 11.8 Å². The number of para-hydroxylation sites is 1. The summed E-state index contributed by atoms with van der Waals surface area (Å²) in [6.07, 6.45) is 1.57. The van der Waals surface area contributed by atoms with Crippen LogP contribution in [0.15, 0.2) is 64.8 Å². The number of aromatic amines is 1. The van der Waals surface area contributed by atoms with Gasteiger partial charge in [-0.2, -0.15) is 0 Å². The smallest absolute Gasteiger partial charge is 0.258 e. The first kappa shape index (κ1) is 23.2. The second kappa shape index (κ2) is 10.3. The van der Waals surface area contributed by atoms with Crippen molar-refractivity contribution in [2.45, 2.75) is 18.6 Å². The lowest BCUT2D eigenvalue weighted by Crippen LogP contribution is -2.32. The first-order valence-corrected chi connectivity index (χ1v) is 11.6. The average molecular weight is 478 g/mol. The average Bonchev–Trinajstić information content (AvgIpc) is 3.26. The molecular weight excluding hydrogens is 454 g/mol. The van der Waals surface area contributed by atoms with Crippen molar-refractivity contribution in [3.63, 3.8) is 0 Å². The number of anilines is 1. The van der Waals surface area contributed by atoms with Crippen molar-refractivity contribution in [2.24, 2.45) is 7.05 Å². The summed E-state index contributed by atoms with van der Waals surface area (Å²) in [4.78, 5) is 46.4. The molecule has 4 rings (SSSR count). The maximum absolute atomic E-state index is 13.0. The van der Waals surface area contributed by atoms with Gasteiger partial charge in [0.1, 0.15) is 12.2 Å². The summed E-state index contributed by atoms with van der Waals surface area (Å²) in [7, 11) is 1.81. The zero-order valence-electron chi connectivity index (χ0n) is 18.7. The minimum Gasteiger partial charge on any atom is -0.331 e. The second-order valence-corrected chi connectivity index (χ2v) is 8.43. The van der Waals surface area contributed by atoms with Gasteiger partial charge in [-0.25, -0.2) is 4.98 Å². The summed E-state index contributed by atoms with van der Waals surface area (Å²) in [6, 6.07) is 13.8. The van der Waals surface area contributed by atoms with Gasteiger partial charge in [-0.15, -0.1) is 10.2 Å². The van der Waals surface area contributed by atoms with Gasteiger partial charge in [0.2, 0.25) is 5.91 Å². The number of hydrogen-bond acceptors (Lipinski definition) is 7. The molecule has 0 spiro atoms. The molecule has 0 fully saturated rings. The van der Waals surface area contributed by atoms with Crippen molar-refractivity contribution in [1.29, 1.82) is 0 Å². The van der Waals surface area contributed by atoms with Gasteiger partial charge in [0, 0.05) is 24.8 Å². The van der Waals surface area contributed by atoms with E-state index in [0.29, 0.717) is 39.7 Å². The Hall–Kier alpha value is -3.99. The predicted octanol–water partition coefficient (Wildman–Crippen LogP) is 2.44. The fourth-order valence-corrected chi connectivity index (χ4v) is 4.01. The van der Waals surface area contributed by atoms with Crippen LogP contribution in [0.1, 0.15) is 23.1 Å². The second-order valence-electron chi connectivity index (χ2n) is 7.49. The highest BCUT2D eigenvalue weighted by Gasteiger charge is 2.17. The first-order valence-electron chi connectivity index (χ1n) is 10.6. The normalized spacial score (nSPS) is 10.9. The lowest BCUT2D eigenvalue weighted by molar-refractivity contribution is -0.113. The van der Waals surface area contributed by atoms with Gasteiger partial charge in [0.05, 0.1) is 23.2 Å². The van der Waals surface area contributed by atoms with Crippen LogP contribution >= 0.6 is 11.8 Å². The molecule has 0 aliphatic carbocycles. The van der Waals surface area contributed by atoms with E-state index in [4.69, 9.17) is 0 Å². The number of aryl methyl sites for hydroxylation is 1. The number of H-pyrrole nitrogens is 1. The SMILES string of the molecule is CCN(Cc1nc2ccccc2c(=O)[nH]1)C(=O)c1ccc(NC(=O)CSc2nncn2C)cc1. The van der Waals surface area contributed by atoms with Gasteiger partial charge in [-0.1, -0.05) is 23.9 Å². The van der Waals surface area contributed by atoms with Crippen LogP contribution in [0.4, 0.5) is 5.69 Å². The summed E-state index contributed by atoms with van der Waals surface area (Å²) in [5.74, 6) is 0.221. The van der Waals surface area contributed by atoms with Crippen LogP contribution in [0.25, 0.3) is 10.9 Å². The highest BCUT2D eigenvalue weighted by atomic mass is 32.2. The Labute approximate surface area is 199 Å². The van der Waals surface area contributed by atoms with Crippen LogP contribution in [0.5, 0.6) is 0 Å². The number of rotatable bonds is 8. The third-order valence-corrected chi connectivity index (χ3v) is 6.12. The van der Waals surface area contributed by atoms with Crippen molar-refractivity contribution < 1.29 is 9.59 Å². The van der Waals surface area contributed by atoms with E-state index in [1.54, 1.807) is 58.3 Å². The number of thioether (sulfide) groups is 1. The molecule has 2 amide bonds. The molecule has 0 aliphatic heterocycles. The Kier molecular flexibility index (Phi) is 7.02. The van der Waals surface area contributed by atoms with Crippen molar-refractivity contribution in [3.8, 4) is 0 Å². The molecule has 2 N–H and O–H groups in total. The lowest BCUT2D eigenvalue weighted by atomic mass is 10.1. The zero-order chi connectivity index (χ0) is 24.1. The molecule has 0 saturated heterocycles. The van der Waals surface area contributed by atoms with Crippen molar-refractivity contribution >= 4 is 40.2 Å². The zero-order valence-corrected chi connectivity index (χ0v) is 19.5. The van der Waals surface area contributed by atoms with Gasteiger partial charge in [0.15, 0.2) is 5.16 Å². The van der Waals surface area contributed by atoms with E-state index < -0.39 is 0 Å². The quantitative estimate of drug-likeness (QED) is 0.373. The molecule has 11 heteroatoms. The molecule has 0 saturated carbocycles.